The first-order chi connectivity index (χ1) is 13.7. The van der Waals surface area contributed by atoms with Crippen LogP contribution < -0.4 is 10.5 Å². The van der Waals surface area contributed by atoms with Gasteiger partial charge in [0.1, 0.15) is 0 Å². The van der Waals surface area contributed by atoms with Crippen molar-refractivity contribution in [2.75, 3.05) is 18.0 Å². The number of benzene rings is 1. The van der Waals surface area contributed by atoms with Gasteiger partial charge in [-0.05, 0) is 67.9 Å². The SMILES string of the molecule is Cc1nc(N2C[C@H]3C[C@@H](C2)c2cccc(=O)n2C3)nc2cc3c(cc12)CCC3. The lowest BCUT2D eigenvalue weighted by Crippen LogP contribution is -2.47. The molecule has 3 aliphatic rings. The Hall–Kier alpha value is -2.69. The highest BCUT2D eigenvalue weighted by Crippen LogP contribution is 2.37. The number of anilines is 1. The van der Waals surface area contributed by atoms with Crippen molar-refractivity contribution >= 4 is 16.9 Å². The lowest BCUT2D eigenvalue weighted by atomic mass is 9.83. The topological polar surface area (TPSA) is 51.0 Å². The lowest BCUT2D eigenvalue weighted by Gasteiger charge is -2.42. The molecular weight excluding hydrogens is 348 g/mol. The maximum absolute atomic E-state index is 12.3. The first-order valence-corrected chi connectivity index (χ1v) is 10.4. The number of rotatable bonds is 1. The molecule has 142 valence electrons. The molecule has 0 spiro atoms. The van der Waals surface area contributed by atoms with E-state index in [0.29, 0.717) is 11.8 Å². The van der Waals surface area contributed by atoms with Gasteiger partial charge >= 0.3 is 0 Å². The van der Waals surface area contributed by atoms with Gasteiger partial charge in [0.2, 0.25) is 5.95 Å². The quantitative estimate of drug-likeness (QED) is 0.658. The summed E-state index contributed by atoms with van der Waals surface area (Å²) in [7, 11) is 0. The summed E-state index contributed by atoms with van der Waals surface area (Å²) in [6, 6.07) is 10.3. The molecule has 1 fully saturated rings. The van der Waals surface area contributed by atoms with Gasteiger partial charge in [0.15, 0.2) is 0 Å². The van der Waals surface area contributed by atoms with Crippen molar-refractivity contribution in [2.45, 2.75) is 45.1 Å². The van der Waals surface area contributed by atoms with Crippen LogP contribution in [0.15, 0.2) is 35.1 Å². The van der Waals surface area contributed by atoms with Crippen LogP contribution in [0, 0.1) is 12.8 Å². The van der Waals surface area contributed by atoms with Gasteiger partial charge in [-0.2, -0.15) is 0 Å². The summed E-state index contributed by atoms with van der Waals surface area (Å²) in [5.41, 5.74) is 6.38. The van der Waals surface area contributed by atoms with E-state index >= 15 is 0 Å². The van der Waals surface area contributed by atoms with Gasteiger partial charge in [0, 0.05) is 42.7 Å². The molecule has 6 rings (SSSR count). The zero-order valence-corrected chi connectivity index (χ0v) is 16.2. The summed E-state index contributed by atoms with van der Waals surface area (Å²) >= 11 is 0. The number of aryl methyl sites for hydroxylation is 3. The van der Waals surface area contributed by atoms with E-state index < -0.39 is 0 Å². The molecular formula is C23H24N4O. The third kappa shape index (κ3) is 2.42. The predicted octanol–water partition coefficient (Wildman–Crippen LogP) is 3.21. The molecule has 1 aromatic carbocycles. The standard InChI is InChI=1S/C23H24N4O/c1-14-19-9-16-4-2-5-17(16)10-20(19)25-23(24-14)26-11-15-8-18(13-26)21-6-3-7-22(28)27(21)12-15/h3,6-7,9-10,15,18H,2,4-5,8,11-13H2,1H3/t15-,18+/m1/s1. The number of nitrogens with zero attached hydrogens (tertiary/aromatic N) is 4. The van der Waals surface area contributed by atoms with Gasteiger partial charge in [-0.3, -0.25) is 4.79 Å². The molecule has 0 N–H and O–H groups in total. The summed E-state index contributed by atoms with van der Waals surface area (Å²) in [6.45, 7) is 4.72. The van der Waals surface area contributed by atoms with Crippen LogP contribution in [0.5, 0.6) is 0 Å². The van der Waals surface area contributed by atoms with E-state index in [2.05, 4.69) is 30.0 Å². The number of piperidine rings is 1. The van der Waals surface area contributed by atoms with Crippen LogP contribution in [-0.4, -0.2) is 27.6 Å². The molecule has 5 heteroatoms. The Balaban J connectivity index is 1.40. The van der Waals surface area contributed by atoms with Crippen LogP contribution in [0.2, 0.25) is 0 Å². The van der Waals surface area contributed by atoms with Crippen molar-refractivity contribution < 1.29 is 0 Å². The molecule has 3 aromatic rings. The minimum absolute atomic E-state index is 0.132. The fraction of sp³-hybridized carbons (Fsp3) is 0.435. The second kappa shape index (κ2) is 5.90. The van der Waals surface area contributed by atoms with Crippen LogP contribution in [0.3, 0.4) is 0 Å². The highest BCUT2D eigenvalue weighted by molar-refractivity contribution is 5.84. The molecule has 0 amide bonds. The lowest BCUT2D eigenvalue weighted by molar-refractivity contribution is 0.279. The van der Waals surface area contributed by atoms with Crippen LogP contribution in [0.1, 0.15) is 41.3 Å². The van der Waals surface area contributed by atoms with Crippen molar-refractivity contribution in [3.8, 4) is 0 Å². The molecule has 5 nitrogen and oxygen atoms in total. The molecule has 28 heavy (non-hydrogen) atoms. The molecule has 2 aliphatic heterocycles. The highest BCUT2D eigenvalue weighted by atomic mass is 16.1. The Labute approximate surface area is 164 Å². The second-order valence-corrected chi connectivity index (χ2v) is 8.70. The number of aromatic nitrogens is 3. The number of fused-ring (bicyclic) bond motifs is 6. The summed E-state index contributed by atoms with van der Waals surface area (Å²) < 4.78 is 1.98. The van der Waals surface area contributed by atoms with Crippen molar-refractivity contribution in [1.82, 2.24) is 14.5 Å². The van der Waals surface area contributed by atoms with Crippen LogP contribution in [-0.2, 0) is 19.4 Å². The molecule has 1 aliphatic carbocycles. The number of pyridine rings is 1. The average molecular weight is 372 g/mol. The monoisotopic (exact) mass is 372 g/mol. The third-order valence-corrected chi connectivity index (χ3v) is 6.85. The predicted molar refractivity (Wildman–Crippen MR) is 110 cm³/mol. The first kappa shape index (κ1) is 16.3. The Morgan fingerprint density at radius 2 is 1.89 bits per heavy atom. The molecule has 0 radical (unpaired) electrons. The Kier molecular flexibility index (Phi) is 3.43. The maximum atomic E-state index is 12.3. The van der Waals surface area contributed by atoms with Crippen molar-refractivity contribution in [2.24, 2.45) is 5.92 Å². The molecule has 0 saturated carbocycles. The molecule has 2 atom stereocenters. The van der Waals surface area contributed by atoms with Crippen LogP contribution in [0.25, 0.3) is 10.9 Å². The van der Waals surface area contributed by atoms with E-state index in [1.165, 1.54) is 41.5 Å². The fourth-order valence-electron chi connectivity index (χ4n) is 5.54. The zero-order chi connectivity index (χ0) is 18.8. The minimum atomic E-state index is 0.132. The van der Waals surface area contributed by atoms with Crippen molar-refractivity contribution in [1.29, 1.82) is 0 Å². The van der Waals surface area contributed by atoms with E-state index in [0.717, 1.165) is 43.2 Å². The molecule has 0 unspecified atom stereocenters. The van der Waals surface area contributed by atoms with Gasteiger partial charge in [0.05, 0.1) is 11.2 Å². The summed E-state index contributed by atoms with van der Waals surface area (Å²) in [5, 5.41) is 1.19. The second-order valence-electron chi connectivity index (χ2n) is 8.70. The Bertz CT molecular complexity index is 1170. The van der Waals surface area contributed by atoms with Crippen molar-refractivity contribution in [3.05, 3.63) is 63.2 Å². The van der Waals surface area contributed by atoms with Gasteiger partial charge in [0.25, 0.3) is 5.56 Å². The van der Waals surface area contributed by atoms with E-state index in [9.17, 15) is 4.79 Å². The fourth-order valence-corrected chi connectivity index (χ4v) is 5.54. The number of hydrogen-bond donors (Lipinski definition) is 0. The smallest absolute Gasteiger partial charge is 0.250 e. The van der Waals surface area contributed by atoms with Gasteiger partial charge in [-0.25, -0.2) is 9.97 Å². The van der Waals surface area contributed by atoms with E-state index in [1.54, 1.807) is 6.07 Å². The van der Waals surface area contributed by atoms with Gasteiger partial charge in [-0.1, -0.05) is 6.07 Å². The molecule has 4 heterocycles. The van der Waals surface area contributed by atoms with Gasteiger partial charge < -0.3 is 9.47 Å². The normalized spacial score (nSPS) is 23.0. The first-order valence-electron chi connectivity index (χ1n) is 10.4. The highest BCUT2D eigenvalue weighted by Gasteiger charge is 2.35. The van der Waals surface area contributed by atoms with E-state index in [1.807, 2.05) is 10.6 Å². The minimum Gasteiger partial charge on any atom is -0.340 e. The third-order valence-electron chi connectivity index (χ3n) is 6.85. The van der Waals surface area contributed by atoms with E-state index in [-0.39, 0.29) is 5.56 Å². The van der Waals surface area contributed by atoms with Gasteiger partial charge in [-0.15, -0.1) is 0 Å². The summed E-state index contributed by atoms with van der Waals surface area (Å²) in [5.74, 6) is 1.70. The average Bonchev–Trinajstić information content (AvgIpc) is 3.15. The Morgan fingerprint density at radius 1 is 1.04 bits per heavy atom. The largest absolute Gasteiger partial charge is 0.340 e. The molecule has 2 aromatic heterocycles. The van der Waals surface area contributed by atoms with Crippen molar-refractivity contribution in [3.63, 3.8) is 0 Å². The van der Waals surface area contributed by atoms with Crippen LogP contribution >= 0.6 is 0 Å². The maximum Gasteiger partial charge on any atom is 0.250 e. The summed E-state index contributed by atoms with van der Waals surface area (Å²) in [6.07, 6.45) is 4.75. The molecule has 2 bridgehead atoms. The van der Waals surface area contributed by atoms with E-state index in [4.69, 9.17) is 9.97 Å². The molecule has 1 saturated heterocycles. The number of hydrogen-bond acceptors (Lipinski definition) is 4. The Morgan fingerprint density at radius 3 is 2.79 bits per heavy atom. The zero-order valence-electron chi connectivity index (χ0n) is 16.2. The summed E-state index contributed by atoms with van der Waals surface area (Å²) in [4.78, 5) is 24.5. The van der Waals surface area contributed by atoms with Crippen LogP contribution in [0.4, 0.5) is 5.95 Å².